The first-order chi connectivity index (χ1) is 13.5. The van der Waals surface area contributed by atoms with E-state index < -0.39 is 15.9 Å². The summed E-state index contributed by atoms with van der Waals surface area (Å²) < 4.78 is 32.1. The number of carbonyl (C=O) groups is 1. The number of carbonyl (C=O) groups excluding carboxylic acids is 1. The number of para-hydroxylation sites is 1. The molecule has 4 rings (SSSR count). The van der Waals surface area contributed by atoms with Gasteiger partial charge in [-0.1, -0.05) is 36.4 Å². The third-order valence-corrected chi connectivity index (χ3v) is 6.30. The topological polar surface area (TPSA) is 88.1 Å². The van der Waals surface area contributed by atoms with Gasteiger partial charge in [0.1, 0.15) is 12.3 Å². The number of hydrazone groups is 1. The Morgan fingerprint density at radius 2 is 1.86 bits per heavy atom. The molecule has 0 atom stereocenters. The zero-order chi connectivity index (χ0) is 19.7. The van der Waals surface area contributed by atoms with Gasteiger partial charge in [-0.2, -0.15) is 5.10 Å². The number of hydrogen-bond acceptors (Lipinski definition) is 5. The maximum absolute atomic E-state index is 12.9. The van der Waals surface area contributed by atoms with Crippen molar-refractivity contribution in [3.63, 3.8) is 0 Å². The van der Waals surface area contributed by atoms with Crippen LogP contribution in [0.2, 0.25) is 0 Å². The molecule has 8 heteroatoms. The number of hydrogen-bond donors (Lipinski definition) is 1. The predicted molar refractivity (Wildman–Crippen MR) is 107 cm³/mol. The lowest BCUT2D eigenvalue weighted by Crippen LogP contribution is -2.37. The summed E-state index contributed by atoms with van der Waals surface area (Å²) in [4.78, 5) is 12.6. The minimum Gasteiger partial charge on any atom is -0.496 e. The third kappa shape index (κ3) is 2.97. The SMILES string of the molecule is COc1ccccc1/C=N\NC(=O)CN1c2cccc3cccc(c23)S1(=O)=O. The summed E-state index contributed by atoms with van der Waals surface area (Å²) >= 11 is 0. The van der Waals surface area contributed by atoms with Gasteiger partial charge in [0.25, 0.3) is 15.9 Å². The van der Waals surface area contributed by atoms with Gasteiger partial charge in [-0.3, -0.25) is 9.10 Å². The van der Waals surface area contributed by atoms with Crippen molar-refractivity contribution in [3.05, 3.63) is 66.2 Å². The number of nitrogens with zero attached hydrogens (tertiary/aromatic N) is 2. The average molecular weight is 395 g/mol. The van der Waals surface area contributed by atoms with Crippen LogP contribution in [0.1, 0.15) is 5.56 Å². The van der Waals surface area contributed by atoms with Crippen molar-refractivity contribution >= 4 is 38.6 Å². The zero-order valence-corrected chi connectivity index (χ0v) is 15.8. The molecular formula is C20H17N3O4S. The van der Waals surface area contributed by atoms with Gasteiger partial charge in [0.05, 0.1) is 23.9 Å². The highest BCUT2D eigenvalue weighted by atomic mass is 32.2. The van der Waals surface area contributed by atoms with E-state index in [2.05, 4.69) is 10.5 Å². The van der Waals surface area contributed by atoms with Crippen LogP contribution in [0.25, 0.3) is 10.8 Å². The van der Waals surface area contributed by atoms with Gasteiger partial charge in [0.2, 0.25) is 0 Å². The summed E-state index contributed by atoms with van der Waals surface area (Å²) in [7, 11) is -2.24. The Hall–Kier alpha value is -3.39. The lowest BCUT2D eigenvalue weighted by molar-refractivity contribution is -0.119. The van der Waals surface area contributed by atoms with Crippen LogP contribution in [-0.4, -0.2) is 34.2 Å². The standard InChI is InChI=1S/C20H17N3O4S/c1-27-17-10-3-2-6-15(17)12-21-22-19(24)13-23-16-9-4-7-14-8-5-11-18(20(14)16)28(23,25)26/h2-12H,13H2,1H3,(H,22,24)/b21-12-. The molecule has 1 aliphatic rings. The average Bonchev–Trinajstić information content (AvgIpc) is 2.92. The van der Waals surface area contributed by atoms with Crippen molar-refractivity contribution < 1.29 is 17.9 Å². The normalized spacial score (nSPS) is 14.5. The molecule has 0 aromatic heterocycles. The quantitative estimate of drug-likeness (QED) is 0.531. The van der Waals surface area contributed by atoms with Crippen LogP contribution >= 0.6 is 0 Å². The molecule has 0 unspecified atom stereocenters. The Bertz CT molecular complexity index is 1200. The second-order valence-corrected chi connectivity index (χ2v) is 8.01. The molecule has 0 bridgehead atoms. The largest absolute Gasteiger partial charge is 0.496 e. The highest BCUT2D eigenvalue weighted by Crippen LogP contribution is 2.41. The first-order valence-corrected chi connectivity index (χ1v) is 9.96. The summed E-state index contributed by atoms with van der Waals surface area (Å²) in [6.07, 6.45) is 1.45. The van der Waals surface area contributed by atoms with Crippen LogP contribution in [0.4, 0.5) is 5.69 Å². The molecular weight excluding hydrogens is 378 g/mol. The molecule has 7 nitrogen and oxygen atoms in total. The first-order valence-electron chi connectivity index (χ1n) is 8.52. The Morgan fingerprint density at radius 3 is 2.64 bits per heavy atom. The van der Waals surface area contributed by atoms with Crippen molar-refractivity contribution in [2.45, 2.75) is 4.90 Å². The number of benzene rings is 3. The number of rotatable bonds is 5. The molecule has 3 aromatic carbocycles. The van der Waals surface area contributed by atoms with Gasteiger partial charge in [0, 0.05) is 10.9 Å². The van der Waals surface area contributed by atoms with E-state index in [-0.39, 0.29) is 11.4 Å². The molecule has 1 amide bonds. The van der Waals surface area contributed by atoms with Crippen molar-refractivity contribution in [3.8, 4) is 5.75 Å². The molecule has 0 fully saturated rings. The summed E-state index contributed by atoms with van der Waals surface area (Å²) in [6, 6.07) is 17.6. The fourth-order valence-electron chi connectivity index (χ4n) is 3.24. The number of anilines is 1. The highest BCUT2D eigenvalue weighted by Gasteiger charge is 2.36. The second kappa shape index (κ2) is 6.97. The summed E-state index contributed by atoms with van der Waals surface area (Å²) in [6.45, 7) is -0.362. The van der Waals surface area contributed by atoms with E-state index in [9.17, 15) is 13.2 Å². The van der Waals surface area contributed by atoms with Crippen LogP contribution in [0, 0.1) is 0 Å². The Balaban J connectivity index is 1.54. The van der Waals surface area contributed by atoms with Gasteiger partial charge in [-0.15, -0.1) is 0 Å². The lowest BCUT2D eigenvalue weighted by Gasteiger charge is -2.17. The Morgan fingerprint density at radius 1 is 1.11 bits per heavy atom. The van der Waals surface area contributed by atoms with Crippen molar-refractivity contribution in [1.29, 1.82) is 0 Å². The second-order valence-electron chi connectivity index (χ2n) is 6.18. The number of nitrogens with one attached hydrogen (secondary N) is 1. The van der Waals surface area contributed by atoms with Gasteiger partial charge in [-0.25, -0.2) is 13.8 Å². The number of methoxy groups -OCH3 is 1. The zero-order valence-electron chi connectivity index (χ0n) is 15.0. The minimum atomic E-state index is -3.78. The van der Waals surface area contributed by atoms with E-state index in [1.807, 2.05) is 24.3 Å². The third-order valence-electron chi connectivity index (χ3n) is 4.50. The monoisotopic (exact) mass is 395 g/mol. The van der Waals surface area contributed by atoms with E-state index in [4.69, 9.17) is 4.74 Å². The minimum absolute atomic E-state index is 0.214. The van der Waals surface area contributed by atoms with E-state index >= 15 is 0 Å². The molecule has 0 saturated carbocycles. The van der Waals surface area contributed by atoms with E-state index in [0.29, 0.717) is 22.4 Å². The smallest absolute Gasteiger partial charge is 0.265 e. The predicted octanol–water partition coefficient (Wildman–Crippen LogP) is 2.51. The fraction of sp³-hybridized carbons (Fsp3) is 0.100. The van der Waals surface area contributed by atoms with E-state index in [1.165, 1.54) is 6.21 Å². The van der Waals surface area contributed by atoms with Crippen LogP contribution in [0.3, 0.4) is 0 Å². The van der Waals surface area contributed by atoms with Gasteiger partial charge >= 0.3 is 0 Å². The van der Waals surface area contributed by atoms with E-state index in [1.54, 1.807) is 43.5 Å². The van der Waals surface area contributed by atoms with Crippen LogP contribution < -0.4 is 14.5 Å². The molecule has 28 heavy (non-hydrogen) atoms. The highest BCUT2D eigenvalue weighted by molar-refractivity contribution is 7.93. The van der Waals surface area contributed by atoms with Crippen molar-refractivity contribution in [1.82, 2.24) is 5.43 Å². The molecule has 3 aromatic rings. The molecule has 0 saturated heterocycles. The fourth-order valence-corrected chi connectivity index (χ4v) is 4.91. The van der Waals surface area contributed by atoms with E-state index in [0.717, 1.165) is 9.69 Å². The number of amides is 1. The van der Waals surface area contributed by atoms with Gasteiger partial charge < -0.3 is 4.74 Å². The summed E-state index contributed by atoms with van der Waals surface area (Å²) in [5.41, 5.74) is 3.56. The van der Waals surface area contributed by atoms with Crippen LogP contribution in [0.5, 0.6) is 5.75 Å². The van der Waals surface area contributed by atoms with Crippen molar-refractivity contribution in [2.75, 3.05) is 18.0 Å². The summed E-state index contributed by atoms with van der Waals surface area (Å²) in [5.74, 6) is 0.0734. The maximum atomic E-state index is 12.9. The Kier molecular flexibility index (Phi) is 4.48. The summed E-state index contributed by atoms with van der Waals surface area (Å²) in [5, 5.41) is 5.36. The molecule has 142 valence electrons. The van der Waals surface area contributed by atoms with Gasteiger partial charge in [0.15, 0.2) is 0 Å². The lowest BCUT2D eigenvalue weighted by atomic mass is 10.1. The molecule has 0 aliphatic carbocycles. The molecule has 1 heterocycles. The van der Waals surface area contributed by atoms with Crippen LogP contribution in [-0.2, 0) is 14.8 Å². The molecule has 1 N–H and O–H groups in total. The molecule has 1 aliphatic heterocycles. The molecule has 0 spiro atoms. The maximum Gasteiger partial charge on any atom is 0.265 e. The Labute approximate surface area is 162 Å². The number of ether oxygens (including phenoxy) is 1. The number of sulfonamides is 1. The molecule has 0 radical (unpaired) electrons. The first kappa shape index (κ1) is 18.0. The van der Waals surface area contributed by atoms with Crippen molar-refractivity contribution in [2.24, 2.45) is 5.10 Å². The van der Waals surface area contributed by atoms with Gasteiger partial charge in [-0.05, 0) is 29.7 Å². The van der Waals surface area contributed by atoms with Crippen LogP contribution in [0.15, 0.2) is 70.7 Å².